The zero-order valence-electron chi connectivity index (χ0n) is 20.1. The number of ether oxygens (including phenoxy) is 2. The molecule has 0 aromatic heterocycles. The molecule has 0 spiro atoms. The highest BCUT2D eigenvalue weighted by Crippen LogP contribution is 2.37. The quantitative estimate of drug-likeness (QED) is 0.216. The molecular formula is C20H28N6O8S2. The van der Waals surface area contributed by atoms with Gasteiger partial charge in [-0.3, -0.25) is 19.1 Å². The topological polar surface area (TPSA) is 183 Å². The Morgan fingerprint density at radius 2 is 1.08 bits per heavy atom. The molecule has 2 aromatic rings. The Morgan fingerprint density at radius 1 is 0.722 bits per heavy atom. The summed E-state index contributed by atoms with van der Waals surface area (Å²) in [5.74, 6) is -0.113. The first-order valence-corrected chi connectivity index (χ1v) is 13.6. The number of nitrogens with zero attached hydrogens (tertiary/aromatic N) is 6. The first kappa shape index (κ1) is 28.9. The van der Waals surface area contributed by atoms with Gasteiger partial charge in [-0.05, 0) is 35.4 Å². The minimum absolute atomic E-state index is 0.0391. The van der Waals surface area contributed by atoms with Gasteiger partial charge >= 0.3 is 0 Å². The number of benzene rings is 2. The molecule has 14 nitrogen and oxygen atoms in total. The maximum Gasteiger partial charge on any atom is 0.266 e. The molecule has 0 aliphatic heterocycles. The van der Waals surface area contributed by atoms with E-state index in [1.807, 2.05) is 0 Å². The van der Waals surface area contributed by atoms with E-state index in [1.54, 1.807) is 36.4 Å². The molecule has 2 N–H and O–H groups in total. The lowest BCUT2D eigenvalue weighted by molar-refractivity contribution is 0.345. The monoisotopic (exact) mass is 544 g/mol. The van der Waals surface area contributed by atoms with Crippen molar-refractivity contribution in [3.63, 3.8) is 0 Å². The predicted molar refractivity (Wildman–Crippen MR) is 132 cm³/mol. The fraction of sp³-hybridized carbons (Fsp3) is 0.400. The Balaban J connectivity index is 2.20. The van der Waals surface area contributed by atoms with Gasteiger partial charge in [0.1, 0.15) is 22.9 Å². The average Bonchev–Trinajstić information content (AvgIpc) is 2.82. The highest BCUT2D eigenvalue weighted by molar-refractivity contribution is 7.86. The molecule has 0 aliphatic rings. The summed E-state index contributed by atoms with van der Waals surface area (Å²) in [4.78, 5) is 0. The van der Waals surface area contributed by atoms with E-state index >= 15 is 0 Å². The summed E-state index contributed by atoms with van der Waals surface area (Å²) >= 11 is 0. The maximum atomic E-state index is 10.9. The van der Waals surface area contributed by atoms with Crippen molar-refractivity contribution in [2.75, 3.05) is 52.9 Å². The molecule has 0 amide bonds. The molecule has 36 heavy (non-hydrogen) atoms. The van der Waals surface area contributed by atoms with Gasteiger partial charge in [-0.1, -0.05) is 22.6 Å². The molecule has 16 heteroatoms. The second-order valence-corrected chi connectivity index (χ2v) is 10.6. The molecule has 0 aliphatic carbocycles. The smallest absolute Gasteiger partial charge is 0.266 e. The predicted octanol–water partition coefficient (Wildman–Crippen LogP) is 3.01. The third-order valence-corrected chi connectivity index (χ3v) is 6.05. The van der Waals surface area contributed by atoms with Gasteiger partial charge in [-0.2, -0.15) is 16.8 Å². The van der Waals surface area contributed by atoms with Crippen molar-refractivity contribution in [2.24, 2.45) is 20.7 Å². The van der Waals surface area contributed by atoms with E-state index in [4.69, 9.17) is 18.6 Å². The number of rotatable bonds is 13. The molecule has 0 heterocycles. The van der Waals surface area contributed by atoms with Crippen molar-refractivity contribution in [3.8, 4) is 22.6 Å². The van der Waals surface area contributed by atoms with E-state index < -0.39 is 31.7 Å². The minimum Gasteiger partial charge on any atom is -0.494 e. The normalized spacial score (nSPS) is 12.3. The molecule has 0 saturated carbocycles. The van der Waals surface area contributed by atoms with E-state index in [2.05, 4.69) is 20.7 Å². The van der Waals surface area contributed by atoms with Crippen LogP contribution < -0.4 is 9.47 Å². The van der Waals surface area contributed by atoms with Crippen molar-refractivity contribution in [1.82, 2.24) is 10.0 Å². The van der Waals surface area contributed by atoms with Gasteiger partial charge < -0.3 is 9.47 Å². The van der Waals surface area contributed by atoms with Crippen LogP contribution in [0.15, 0.2) is 57.1 Å². The van der Waals surface area contributed by atoms with Gasteiger partial charge in [0.15, 0.2) is 0 Å². The van der Waals surface area contributed by atoms with E-state index in [-0.39, 0.29) is 13.1 Å². The van der Waals surface area contributed by atoms with E-state index in [0.29, 0.717) is 22.9 Å². The van der Waals surface area contributed by atoms with Gasteiger partial charge in [0.05, 0.1) is 38.8 Å². The van der Waals surface area contributed by atoms with Crippen LogP contribution in [0.1, 0.15) is 0 Å². The fourth-order valence-electron chi connectivity index (χ4n) is 2.71. The Bertz CT molecular complexity index is 1210. The Morgan fingerprint density at radius 3 is 1.39 bits per heavy atom. The Labute approximate surface area is 209 Å². The van der Waals surface area contributed by atoms with Crippen LogP contribution in [0, 0.1) is 0 Å². The summed E-state index contributed by atoms with van der Waals surface area (Å²) in [5, 5.41) is 18.5. The third-order valence-electron chi connectivity index (χ3n) is 4.65. The van der Waals surface area contributed by atoms with Crippen molar-refractivity contribution in [1.29, 1.82) is 0 Å². The largest absolute Gasteiger partial charge is 0.494 e. The van der Waals surface area contributed by atoms with Crippen LogP contribution in [-0.2, 0) is 20.2 Å². The first-order valence-electron chi connectivity index (χ1n) is 10.3. The van der Waals surface area contributed by atoms with Gasteiger partial charge in [0.2, 0.25) is 0 Å². The van der Waals surface area contributed by atoms with Crippen LogP contribution in [0.4, 0.5) is 11.4 Å². The van der Waals surface area contributed by atoms with Crippen molar-refractivity contribution >= 4 is 31.6 Å². The summed E-state index contributed by atoms with van der Waals surface area (Å²) < 4.78 is 71.9. The average molecular weight is 545 g/mol. The van der Waals surface area contributed by atoms with E-state index in [1.165, 1.54) is 38.3 Å². The summed E-state index contributed by atoms with van der Waals surface area (Å²) in [6, 6.07) is 10.4. The molecule has 0 radical (unpaired) electrons. The van der Waals surface area contributed by atoms with Crippen molar-refractivity contribution < 1.29 is 35.4 Å². The Kier molecular flexibility index (Phi) is 10.1. The summed E-state index contributed by atoms with van der Waals surface area (Å²) in [5.41, 5.74) is 2.37. The van der Waals surface area contributed by atoms with E-state index in [0.717, 1.165) is 11.1 Å². The van der Waals surface area contributed by atoms with Crippen LogP contribution in [0.5, 0.6) is 11.5 Å². The zero-order valence-corrected chi connectivity index (χ0v) is 21.8. The van der Waals surface area contributed by atoms with Crippen LogP contribution in [0.3, 0.4) is 0 Å². The Hall–Kier alpha value is -3.34. The summed E-state index contributed by atoms with van der Waals surface area (Å²) in [6.07, 6.45) is 0. The first-order chi connectivity index (χ1) is 16.8. The molecule has 0 saturated heterocycles. The number of hydrogen-bond acceptors (Lipinski definition) is 10. The molecule has 0 unspecified atom stereocenters. The van der Waals surface area contributed by atoms with Crippen LogP contribution in [0.25, 0.3) is 11.1 Å². The standard InChI is InChI=1S/C20H28N6O8S2/c1-25(9-11-35(27,28)29)23-21-17-7-5-15(13-19(17)33-3)16-6-8-18(20(14-16)34-4)22-24-26(2)10-12-36(30,31)32/h5-8,13-14H,9-12H2,1-4H3,(H,27,28,29)(H,30,31,32). The summed E-state index contributed by atoms with van der Waals surface area (Å²) in [6.45, 7) is -0.0783. The van der Waals surface area contributed by atoms with Gasteiger partial charge in [0, 0.05) is 14.1 Å². The zero-order chi connectivity index (χ0) is 26.9. The molecule has 0 atom stereocenters. The molecule has 2 rings (SSSR count). The van der Waals surface area contributed by atoms with Crippen LogP contribution >= 0.6 is 0 Å². The molecule has 0 bridgehead atoms. The highest BCUT2D eigenvalue weighted by Gasteiger charge is 2.11. The lowest BCUT2D eigenvalue weighted by atomic mass is 10.0. The van der Waals surface area contributed by atoms with E-state index in [9.17, 15) is 16.8 Å². The number of methoxy groups -OCH3 is 2. The third kappa shape index (κ3) is 9.73. The second kappa shape index (κ2) is 12.6. The molecular weight excluding hydrogens is 516 g/mol. The molecule has 0 fully saturated rings. The minimum atomic E-state index is -4.10. The van der Waals surface area contributed by atoms with Gasteiger partial charge in [-0.15, -0.1) is 10.2 Å². The summed E-state index contributed by atoms with van der Waals surface area (Å²) in [7, 11) is -2.21. The lowest BCUT2D eigenvalue weighted by Crippen LogP contribution is -2.20. The maximum absolute atomic E-state index is 10.9. The number of hydrogen-bond donors (Lipinski definition) is 2. The van der Waals surface area contributed by atoms with Crippen LogP contribution in [0.2, 0.25) is 0 Å². The molecule has 2 aromatic carbocycles. The van der Waals surface area contributed by atoms with Crippen LogP contribution in [-0.4, -0.2) is 88.9 Å². The lowest BCUT2D eigenvalue weighted by Gasteiger charge is -2.12. The second-order valence-electron chi connectivity index (χ2n) is 7.49. The van der Waals surface area contributed by atoms with Gasteiger partial charge in [0.25, 0.3) is 20.2 Å². The SMILES string of the molecule is COc1cc(-c2ccc(N=NN(C)CCS(=O)(=O)O)c(OC)c2)ccc1N=NN(C)CCS(=O)(=O)O. The molecule has 198 valence electrons. The fourth-order valence-corrected chi connectivity index (χ4v) is 3.70. The van der Waals surface area contributed by atoms with Gasteiger partial charge in [-0.25, -0.2) is 0 Å². The van der Waals surface area contributed by atoms with Crippen molar-refractivity contribution in [2.45, 2.75) is 0 Å². The highest BCUT2D eigenvalue weighted by atomic mass is 32.2. The van der Waals surface area contributed by atoms with Crippen molar-refractivity contribution in [3.05, 3.63) is 36.4 Å².